The predicted molar refractivity (Wildman–Crippen MR) is 125 cm³/mol. The zero-order valence-corrected chi connectivity index (χ0v) is 18.4. The van der Waals surface area contributed by atoms with Crippen LogP contribution in [0.5, 0.6) is 0 Å². The Morgan fingerprint density at radius 1 is 0.906 bits per heavy atom. The van der Waals surface area contributed by atoms with Crippen LogP contribution in [0.25, 0.3) is 16.9 Å². The van der Waals surface area contributed by atoms with Crippen molar-refractivity contribution >= 4 is 23.2 Å². The van der Waals surface area contributed by atoms with Crippen molar-refractivity contribution < 1.29 is 4.39 Å². The number of hydrogen-bond acceptors (Lipinski definition) is 5. The predicted octanol–water partition coefficient (Wildman–Crippen LogP) is 4.76. The van der Waals surface area contributed by atoms with E-state index in [1.807, 2.05) is 60.3 Å². The van der Waals surface area contributed by atoms with Gasteiger partial charge >= 0.3 is 0 Å². The molecule has 2 aromatic carbocycles. The monoisotopic (exact) mass is 448 g/mol. The maximum atomic E-state index is 14.1. The first-order valence-corrected chi connectivity index (χ1v) is 10.9. The first kappa shape index (κ1) is 20.5. The van der Waals surface area contributed by atoms with Crippen molar-refractivity contribution in [2.24, 2.45) is 0 Å². The average Bonchev–Trinajstić information content (AvgIpc) is 3.22. The molecule has 0 bridgehead atoms. The molecule has 2 aromatic heterocycles. The Balaban J connectivity index is 1.35. The fraction of sp³-hybridized carbons (Fsp3) is 0.208. The molecule has 0 saturated carbocycles. The molecule has 0 atom stereocenters. The summed E-state index contributed by atoms with van der Waals surface area (Å²) in [5.74, 6) is 0.488. The Morgan fingerprint density at radius 3 is 2.38 bits per heavy atom. The molecule has 1 saturated heterocycles. The molecule has 3 heterocycles. The molecule has 0 amide bonds. The number of anilines is 2. The van der Waals surface area contributed by atoms with Crippen molar-refractivity contribution in [3.63, 3.8) is 0 Å². The normalized spacial score (nSPS) is 14.1. The van der Waals surface area contributed by atoms with Gasteiger partial charge in [0, 0.05) is 49.2 Å². The Labute approximate surface area is 190 Å². The summed E-state index contributed by atoms with van der Waals surface area (Å²) in [7, 11) is 0. The van der Waals surface area contributed by atoms with Crippen molar-refractivity contribution in [2.45, 2.75) is 6.92 Å². The highest BCUT2D eigenvalue weighted by atomic mass is 35.5. The van der Waals surface area contributed by atoms with Crippen molar-refractivity contribution in [1.82, 2.24) is 19.7 Å². The third-order valence-corrected chi connectivity index (χ3v) is 5.92. The zero-order chi connectivity index (χ0) is 22.1. The summed E-state index contributed by atoms with van der Waals surface area (Å²) in [6, 6.07) is 16.3. The van der Waals surface area contributed by atoms with Gasteiger partial charge < -0.3 is 9.80 Å². The fourth-order valence-electron chi connectivity index (χ4n) is 3.94. The van der Waals surface area contributed by atoms with Crippen molar-refractivity contribution in [3.8, 4) is 16.9 Å². The van der Waals surface area contributed by atoms with Gasteiger partial charge in [-0.1, -0.05) is 23.7 Å². The standard InChI is InChI=1S/C24H22ClFN6/c1-17-20(16-32(29-17)19-8-6-18(25)7-9-19)22-10-11-27-24(28-22)31-14-12-30(13-15-31)23-5-3-2-4-21(23)26/h2-11,16H,12-15H2,1H3. The molecular weight excluding hydrogens is 427 g/mol. The van der Waals surface area contributed by atoms with Crippen LogP contribution in [0.2, 0.25) is 5.02 Å². The summed E-state index contributed by atoms with van der Waals surface area (Å²) in [5.41, 5.74) is 4.24. The second kappa shape index (κ2) is 8.59. The number of para-hydroxylation sites is 1. The number of hydrogen-bond donors (Lipinski definition) is 0. The number of nitrogens with zero attached hydrogens (tertiary/aromatic N) is 6. The Morgan fingerprint density at radius 2 is 1.62 bits per heavy atom. The number of benzene rings is 2. The molecule has 162 valence electrons. The third-order valence-electron chi connectivity index (χ3n) is 5.66. The SMILES string of the molecule is Cc1nn(-c2ccc(Cl)cc2)cc1-c1ccnc(N2CCN(c3ccccc3F)CC2)n1. The minimum atomic E-state index is -0.188. The van der Waals surface area contributed by atoms with Crippen LogP contribution in [0.4, 0.5) is 16.0 Å². The van der Waals surface area contributed by atoms with E-state index in [2.05, 4.69) is 19.9 Å². The second-order valence-corrected chi connectivity index (χ2v) is 8.15. The molecule has 1 aliphatic heterocycles. The van der Waals surface area contributed by atoms with E-state index < -0.39 is 0 Å². The molecule has 1 aliphatic rings. The largest absolute Gasteiger partial charge is 0.366 e. The number of piperazine rings is 1. The lowest BCUT2D eigenvalue weighted by Gasteiger charge is -2.36. The molecule has 0 spiro atoms. The smallest absolute Gasteiger partial charge is 0.225 e. The van der Waals surface area contributed by atoms with Crippen molar-refractivity contribution in [1.29, 1.82) is 0 Å². The Hall–Kier alpha value is -3.45. The maximum Gasteiger partial charge on any atom is 0.225 e. The van der Waals surface area contributed by atoms with Gasteiger partial charge in [0.05, 0.1) is 22.8 Å². The first-order chi connectivity index (χ1) is 15.6. The molecule has 5 rings (SSSR count). The third kappa shape index (κ3) is 4.03. The number of aryl methyl sites for hydroxylation is 1. The van der Waals surface area contributed by atoms with E-state index in [4.69, 9.17) is 16.6 Å². The van der Waals surface area contributed by atoms with Gasteiger partial charge in [0.15, 0.2) is 0 Å². The molecule has 0 N–H and O–H groups in total. The van der Waals surface area contributed by atoms with Crippen LogP contribution in [0.3, 0.4) is 0 Å². The molecule has 0 unspecified atom stereocenters. The minimum Gasteiger partial charge on any atom is -0.366 e. The second-order valence-electron chi connectivity index (χ2n) is 7.72. The van der Waals surface area contributed by atoms with Crippen LogP contribution in [0.15, 0.2) is 67.0 Å². The molecule has 6 nitrogen and oxygen atoms in total. The topological polar surface area (TPSA) is 50.1 Å². The minimum absolute atomic E-state index is 0.188. The molecule has 32 heavy (non-hydrogen) atoms. The van der Waals surface area contributed by atoms with Gasteiger partial charge in [0.25, 0.3) is 0 Å². The van der Waals surface area contributed by atoms with E-state index in [1.54, 1.807) is 12.3 Å². The van der Waals surface area contributed by atoms with Gasteiger partial charge in [0.2, 0.25) is 5.95 Å². The summed E-state index contributed by atoms with van der Waals surface area (Å²) < 4.78 is 16.0. The molecule has 8 heteroatoms. The van der Waals surface area contributed by atoms with Crippen LogP contribution in [-0.4, -0.2) is 45.9 Å². The van der Waals surface area contributed by atoms with Crippen molar-refractivity contribution in [3.05, 3.63) is 83.5 Å². The van der Waals surface area contributed by atoms with E-state index in [-0.39, 0.29) is 5.82 Å². The molecular formula is C24H22ClFN6. The summed E-state index contributed by atoms with van der Waals surface area (Å²) in [5, 5.41) is 5.33. The van der Waals surface area contributed by atoms with E-state index in [0.717, 1.165) is 35.7 Å². The van der Waals surface area contributed by atoms with E-state index >= 15 is 0 Å². The quantitative estimate of drug-likeness (QED) is 0.450. The lowest BCUT2D eigenvalue weighted by molar-refractivity contribution is 0.594. The highest BCUT2D eigenvalue weighted by Crippen LogP contribution is 2.26. The lowest BCUT2D eigenvalue weighted by atomic mass is 10.2. The summed E-state index contributed by atoms with van der Waals surface area (Å²) in [6.45, 7) is 4.84. The van der Waals surface area contributed by atoms with Gasteiger partial charge in [0.1, 0.15) is 5.82 Å². The Bertz CT molecular complexity index is 1230. The number of aromatic nitrogens is 4. The summed E-state index contributed by atoms with van der Waals surface area (Å²) in [6.07, 6.45) is 3.75. The molecule has 4 aromatic rings. The summed E-state index contributed by atoms with van der Waals surface area (Å²) >= 11 is 6.00. The van der Waals surface area contributed by atoms with Crippen LogP contribution >= 0.6 is 11.6 Å². The zero-order valence-electron chi connectivity index (χ0n) is 17.6. The molecule has 0 radical (unpaired) electrons. The number of rotatable bonds is 4. The van der Waals surface area contributed by atoms with Crippen LogP contribution in [-0.2, 0) is 0 Å². The van der Waals surface area contributed by atoms with Crippen LogP contribution < -0.4 is 9.80 Å². The lowest BCUT2D eigenvalue weighted by Crippen LogP contribution is -2.47. The highest BCUT2D eigenvalue weighted by molar-refractivity contribution is 6.30. The fourth-order valence-corrected chi connectivity index (χ4v) is 4.07. The van der Waals surface area contributed by atoms with Crippen molar-refractivity contribution in [2.75, 3.05) is 36.0 Å². The summed E-state index contributed by atoms with van der Waals surface area (Å²) in [4.78, 5) is 13.5. The highest BCUT2D eigenvalue weighted by Gasteiger charge is 2.21. The van der Waals surface area contributed by atoms with E-state index in [9.17, 15) is 4.39 Å². The van der Waals surface area contributed by atoms with E-state index in [1.165, 1.54) is 6.07 Å². The van der Waals surface area contributed by atoms with Crippen LogP contribution in [0.1, 0.15) is 5.69 Å². The van der Waals surface area contributed by atoms with Gasteiger partial charge in [-0.2, -0.15) is 5.10 Å². The molecule has 0 aliphatic carbocycles. The first-order valence-electron chi connectivity index (χ1n) is 10.5. The van der Waals surface area contributed by atoms with Gasteiger partial charge in [-0.25, -0.2) is 19.0 Å². The van der Waals surface area contributed by atoms with Gasteiger partial charge in [-0.05, 0) is 49.4 Å². The van der Waals surface area contributed by atoms with E-state index in [0.29, 0.717) is 29.7 Å². The van der Waals surface area contributed by atoms with Crippen LogP contribution in [0, 0.1) is 12.7 Å². The van der Waals surface area contributed by atoms with Gasteiger partial charge in [-0.3, -0.25) is 0 Å². The Kier molecular flexibility index (Phi) is 5.49. The molecule has 1 fully saturated rings. The number of halogens is 2. The van der Waals surface area contributed by atoms with Gasteiger partial charge in [-0.15, -0.1) is 0 Å². The maximum absolute atomic E-state index is 14.1. The average molecular weight is 449 g/mol.